The number of allylic oxidation sites excluding steroid dienone is 7. The molecule has 296 valence electrons. The Kier molecular flexibility index (Phi) is 12.3. The highest BCUT2D eigenvalue weighted by molar-refractivity contribution is 8.49. The van der Waals surface area contributed by atoms with Crippen LogP contribution in [0.4, 0.5) is 0 Å². The Labute approximate surface area is 418 Å². The molecule has 0 saturated heterocycles. The molecule has 1 aliphatic carbocycles. The minimum absolute atomic E-state index is 1.34. The Morgan fingerprint density at radius 3 is 0.900 bits per heavy atom. The standard InChI is InChI=1S/C44H24S16/c1-45-39-40(46-2)58-43(57-39)44-59-41-42(60-44)56-30(55-41)20-19-21-31(35-47-22-11-3-4-12-23(22)48-35)33(37-51-26-15-7-8-16-27(26)52-37)34(38-53-28-17-9-10-18-29(28)54-38)32(21)36-49-24-13-5-6-14-25(24)50-36/h3-20H,1-2H3. The lowest BCUT2D eigenvalue weighted by molar-refractivity contribution is 1.27. The van der Waals surface area contributed by atoms with Crippen molar-refractivity contribution >= 4 is 188 Å². The van der Waals surface area contributed by atoms with Crippen LogP contribution in [0.1, 0.15) is 0 Å². The largest absolute Gasteiger partial charge is 0.121 e. The maximum absolute atomic E-state index is 2.50. The molecule has 0 amide bonds. The molecule has 0 atom stereocenters. The maximum Gasteiger partial charge on any atom is 0.0718 e. The number of hydrogen-bond donors (Lipinski definition) is 0. The molecule has 0 unspecified atom stereocenters. The van der Waals surface area contributed by atoms with Crippen molar-refractivity contribution in [3.8, 4) is 0 Å². The number of thioether (sulfide) groups is 16. The van der Waals surface area contributed by atoms with Gasteiger partial charge in [0.1, 0.15) is 0 Å². The van der Waals surface area contributed by atoms with Crippen LogP contribution in [0.3, 0.4) is 0 Å². The van der Waals surface area contributed by atoms with E-state index in [4.69, 9.17) is 0 Å². The lowest BCUT2D eigenvalue weighted by atomic mass is 10.1. The van der Waals surface area contributed by atoms with Gasteiger partial charge in [0.15, 0.2) is 0 Å². The zero-order chi connectivity index (χ0) is 39.9. The fourth-order valence-electron chi connectivity index (χ4n) is 6.92. The lowest BCUT2D eigenvalue weighted by Crippen LogP contribution is -1.90. The number of fused-ring (bicyclic) bond motifs is 4. The summed E-state index contributed by atoms with van der Waals surface area (Å²) in [6.45, 7) is 0. The topological polar surface area (TPSA) is 0 Å². The van der Waals surface area contributed by atoms with Gasteiger partial charge in [-0.1, -0.05) is 219 Å². The molecule has 16 heteroatoms. The molecule has 0 bridgehead atoms. The summed E-state index contributed by atoms with van der Waals surface area (Å²) in [6, 6.07) is 35.8. The van der Waals surface area contributed by atoms with Gasteiger partial charge in [-0.3, -0.25) is 0 Å². The van der Waals surface area contributed by atoms with Crippen LogP contribution >= 0.6 is 188 Å². The first-order valence-corrected chi connectivity index (χ1v) is 32.0. The number of rotatable bonds is 3. The molecule has 7 heterocycles. The SMILES string of the molecule is CSC1=C(SC)SC(=C2SC3=C(SC(=CC=C4C(=C5Sc6ccccc6S5)C(=C5Sc6ccccc6S5)C(=C5Sc6ccccc6S5)C4=C4Sc5ccccc5S4)S3)S2)S1. The monoisotopic (exact) mass is 1060 g/mol. The van der Waals surface area contributed by atoms with Crippen LogP contribution in [-0.2, 0) is 0 Å². The predicted molar refractivity (Wildman–Crippen MR) is 291 cm³/mol. The van der Waals surface area contributed by atoms with Crippen molar-refractivity contribution in [2.24, 2.45) is 0 Å². The third-order valence-corrected chi connectivity index (χ3v) is 31.0. The second kappa shape index (κ2) is 17.7. The molecule has 0 radical (unpaired) electrons. The van der Waals surface area contributed by atoms with Crippen molar-refractivity contribution in [2.45, 2.75) is 39.2 Å². The van der Waals surface area contributed by atoms with Gasteiger partial charge >= 0.3 is 0 Å². The van der Waals surface area contributed by atoms with Crippen molar-refractivity contribution in [2.75, 3.05) is 12.5 Å². The average Bonchev–Trinajstić information content (AvgIpc) is 4.13. The van der Waals surface area contributed by atoms with Gasteiger partial charge in [0.05, 0.1) is 46.6 Å². The summed E-state index contributed by atoms with van der Waals surface area (Å²) >= 11 is 31.1. The quantitative estimate of drug-likeness (QED) is 0.191. The average molecular weight is 1070 g/mol. The third kappa shape index (κ3) is 7.69. The van der Waals surface area contributed by atoms with Gasteiger partial charge in [-0.15, -0.1) is 23.5 Å². The minimum atomic E-state index is 1.34. The molecule has 7 aliphatic heterocycles. The van der Waals surface area contributed by atoms with E-state index in [1.165, 1.54) is 114 Å². The molecule has 0 aromatic heterocycles. The first kappa shape index (κ1) is 41.6. The van der Waals surface area contributed by atoms with Gasteiger partial charge in [0, 0.05) is 61.5 Å². The van der Waals surface area contributed by atoms with Crippen LogP contribution in [-0.4, -0.2) is 12.5 Å². The first-order chi connectivity index (χ1) is 29.6. The van der Waals surface area contributed by atoms with E-state index in [-0.39, 0.29) is 0 Å². The summed E-state index contributed by atoms with van der Waals surface area (Å²) in [5, 5.41) is 0. The van der Waals surface area contributed by atoms with Gasteiger partial charge in [-0.2, -0.15) is 0 Å². The Hall–Kier alpha value is 0.140. The highest BCUT2D eigenvalue weighted by Crippen LogP contribution is 2.72. The van der Waals surface area contributed by atoms with Crippen molar-refractivity contribution in [1.29, 1.82) is 0 Å². The summed E-state index contributed by atoms with van der Waals surface area (Å²) in [7, 11) is 0. The van der Waals surface area contributed by atoms with Crippen LogP contribution in [0, 0.1) is 0 Å². The van der Waals surface area contributed by atoms with Gasteiger partial charge in [0.25, 0.3) is 0 Å². The molecule has 12 rings (SSSR count). The van der Waals surface area contributed by atoms with Gasteiger partial charge < -0.3 is 0 Å². The molecule has 1 saturated carbocycles. The van der Waals surface area contributed by atoms with E-state index in [1.807, 2.05) is 188 Å². The van der Waals surface area contributed by atoms with Crippen LogP contribution in [0.25, 0.3) is 0 Å². The fraction of sp³-hybridized carbons (Fsp3) is 0.0455. The van der Waals surface area contributed by atoms with Gasteiger partial charge in [-0.25, -0.2) is 0 Å². The molecule has 60 heavy (non-hydrogen) atoms. The summed E-state index contributed by atoms with van der Waals surface area (Å²) in [6.07, 6.45) is 9.33. The van der Waals surface area contributed by atoms with Crippen molar-refractivity contribution in [3.05, 3.63) is 184 Å². The van der Waals surface area contributed by atoms with E-state index < -0.39 is 0 Å². The van der Waals surface area contributed by atoms with Gasteiger partial charge in [0.2, 0.25) is 0 Å². The van der Waals surface area contributed by atoms with E-state index in [2.05, 4.69) is 122 Å². The van der Waals surface area contributed by atoms with Crippen molar-refractivity contribution in [3.63, 3.8) is 0 Å². The molecule has 0 N–H and O–H groups in total. The molecular weight excluding hydrogens is 1040 g/mol. The van der Waals surface area contributed by atoms with Gasteiger partial charge in [-0.05, 0) is 72.7 Å². The van der Waals surface area contributed by atoms with Crippen LogP contribution in [0.2, 0.25) is 0 Å². The van der Waals surface area contributed by atoms with E-state index in [9.17, 15) is 0 Å². The van der Waals surface area contributed by atoms with Crippen LogP contribution in [0.5, 0.6) is 0 Å². The Bertz CT molecular complexity index is 2610. The highest BCUT2D eigenvalue weighted by Gasteiger charge is 2.44. The normalized spacial score (nSPS) is 20.5. The summed E-state index contributed by atoms with van der Waals surface area (Å²) in [5.74, 6) is 0. The van der Waals surface area contributed by atoms with E-state index in [1.54, 1.807) is 0 Å². The maximum atomic E-state index is 2.50. The second-order valence-corrected chi connectivity index (χ2v) is 32.1. The summed E-state index contributed by atoms with van der Waals surface area (Å²) < 4.78 is 15.4. The molecule has 0 spiro atoms. The van der Waals surface area contributed by atoms with Crippen molar-refractivity contribution < 1.29 is 0 Å². The number of hydrogen-bond acceptors (Lipinski definition) is 16. The fourth-order valence-corrected chi connectivity index (χ4v) is 28.8. The Morgan fingerprint density at radius 1 is 0.300 bits per heavy atom. The smallest absolute Gasteiger partial charge is 0.0718 e. The molecule has 4 aromatic carbocycles. The minimum Gasteiger partial charge on any atom is -0.121 e. The third-order valence-electron chi connectivity index (χ3n) is 9.51. The zero-order valence-corrected chi connectivity index (χ0v) is 44.0. The van der Waals surface area contributed by atoms with E-state index >= 15 is 0 Å². The Morgan fingerprint density at radius 2 is 0.583 bits per heavy atom. The highest BCUT2D eigenvalue weighted by atomic mass is 32.3. The zero-order valence-electron chi connectivity index (χ0n) is 30.9. The molecule has 4 aromatic rings. The molecule has 0 nitrogen and oxygen atoms in total. The summed E-state index contributed by atoms with van der Waals surface area (Å²) in [4.78, 5) is 10.8. The lowest BCUT2D eigenvalue weighted by Gasteiger charge is -2.12. The first-order valence-electron chi connectivity index (χ1n) is 18.2. The Balaban J connectivity index is 1.03. The molecule has 8 aliphatic rings. The van der Waals surface area contributed by atoms with Crippen LogP contribution < -0.4 is 0 Å². The van der Waals surface area contributed by atoms with E-state index in [0.29, 0.717) is 0 Å². The molecular formula is C44H24S16. The second-order valence-electron chi connectivity index (χ2n) is 13.1. The summed E-state index contributed by atoms with van der Waals surface area (Å²) in [5.41, 5.74) is 6.87. The predicted octanol–water partition coefficient (Wildman–Crippen LogP) is 19.8. The van der Waals surface area contributed by atoms with E-state index in [0.717, 1.165) is 0 Å². The van der Waals surface area contributed by atoms with Crippen LogP contribution in [0.15, 0.2) is 223 Å². The number of benzene rings is 4. The molecule has 1 fully saturated rings. The van der Waals surface area contributed by atoms with Crippen molar-refractivity contribution in [1.82, 2.24) is 0 Å².